The van der Waals surface area contributed by atoms with Gasteiger partial charge in [0.1, 0.15) is 5.82 Å². The molecule has 3 rings (SSSR count). The van der Waals surface area contributed by atoms with Crippen molar-refractivity contribution in [2.75, 3.05) is 17.8 Å². The molecule has 5 nitrogen and oxygen atoms in total. The van der Waals surface area contributed by atoms with E-state index in [0.717, 1.165) is 25.9 Å². The number of nitrogens with one attached hydrogen (secondary N) is 1. The standard InChI is InChI=1S/C19H21FN2O3S/c1-14-10-12-22(13-11-14)19(23)15-6-8-16(9-7-15)26(24,25)21-18-5-3-2-4-17(18)20/h2-9,14,21H,10-13H2,1H3. The van der Waals surface area contributed by atoms with Crippen LogP contribution in [0.2, 0.25) is 0 Å². The Labute approximate surface area is 152 Å². The largest absolute Gasteiger partial charge is 0.339 e. The Kier molecular flexibility index (Phi) is 5.27. The van der Waals surface area contributed by atoms with Crippen molar-refractivity contribution in [1.29, 1.82) is 0 Å². The van der Waals surface area contributed by atoms with Crippen molar-refractivity contribution in [2.45, 2.75) is 24.7 Å². The van der Waals surface area contributed by atoms with Crippen LogP contribution in [0.4, 0.5) is 10.1 Å². The summed E-state index contributed by atoms with van der Waals surface area (Å²) in [6, 6.07) is 11.3. The van der Waals surface area contributed by atoms with Crippen molar-refractivity contribution in [3.8, 4) is 0 Å². The summed E-state index contributed by atoms with van der Waals surface area (Å²) in [5, 5.41) is 0. The average molecular weight is 376 g/mol. The van der Waals surface area contributed by atoms with E-state index in [-0.39, 0.29) is 16.5 Å². The zero-order valence-corrected chi connectivity index (χ0v) is 15.3. The molecule has 26 heavy (non-hydrogen) atoms. The van der Waals surface area contributed by atoms with Crippen LogP contribution in [0.5, 0.6) is 0 Å². The number of likely N-dealkylation sites (tertiary alicyclic amines) is 1. The maximum Gasteiger partial charge on any atom is 0.261 e. The summed E-state index contributed by atoms with van der Waals surface area (Å²) in [6.07, 6.45) is 1.95. The molecule has 1 heterocycles. The Morgan fingerprint density at radius 2 is 1.69 bits per heavy atom. The summed E-state index contributed by atoms with van der Waals surface area (Å²) in [4.78, 5) is 14.3. The van der Waals surface area contributed by atoms with Gasteiger partial charge in [-0.2, -0.15) is 0 Å². The first-order valence-corrected chi connectivity index (χ1v) is 10.0. The van der Waals surface area contributed by atoms with E-state index < -0.39 is 15.8 Å². The molecule has 1 fully saturated rings. The maximum absolute atomic E-state index is 13.7. The van der Waals surface area contributed by atoms with Gasteiger partial charge in [0.05, 0.1) is 10.6 Å². The zero-order valence-electron chi connectivity index (χ0n) is 14.5. The smallest absolute Gasteiger partial charge is 0.261 e. The fourth-order valence-corrected chi connectivity index (χ4v) is 3.99. The quantitative estimate of drug-likeness (QED) is 0.888. The SMILES string of the molecule is CC1CCN(C(=O)c2ccc(S(=O)(=O)Nc3ccccc3F)cc2)CC1. The Hall–Kier alpha value is -2.41. The number of nitrogens with zero attached hydrogens (tertiary/aromatic N) is 1. The van der Waals surface area contributed by atoms with Gasteiger partial charge in [0, 0.05) is 18.7 Å². The van der Waals surface area contributed by atoms with E-state index in [1.165, 1.54) is 42.5 Å². The molecule has 0 spiro atoms. The van der Waals surface area contributed by atoms with Crippen molar-refractivity contribution < 1.29 is 17.6 Å². The summed E-state index contributed by atoms with van der Waals surface area (Å²) in [5.74, 6) is -0.124. The minimum Gasteiger partial charge on any atom is -0.339 e. The van der Waals surface area contributed by atoms with Crippen molar-refractivity contribution in [1.82, 2.24) is 4.90 Å². The first kappa shape index (κ1) is 18.4. The third kappa shape index (κ3) is 4.04. The Morgan fingerprint density at radius 3 is 2.31 bits per heavy atom. The molecular formula is C19H21FN2O3S. The molecule has 1 aliphatic heterocycles. The lowest BCUT2D eigenvalue weighted by atomic mass is 9.98. The number of amides is 1. The number of carbonyl (C=O) groups excluding carboxylic acids is 1. The van der Waals surface area contributed by atoms with Crippen LogP contribution in [0, 0.1) is 11.7 Å². The molecule has 1 saturated heterocycles. The summed E-state index contributed by atoms with van der Waals surface area (Å²) in [7, 11) is -3.93. The van der Waals surface area contributed by atoms with Crippen LogP contribution < -0.4 is 4.72 Å². The van der Waals surface area contributed by atoms with Crippen LogP contribution in [0.25, 0.3) is 0 Å². The molecule has 0 aliphatic carbocycles. The fraction of sp³-hybridized carbons (Fsp3) is 0.316. The second kappa shape index (κ2) is 7.45. The Bertz CT molecular complexity index is 889. The van der Waals surface area contributed by atoms with E-state index in [1.54, 1.807) is 11.0 Å². The van der Waals surface area contributed by atoms with Crippen LogP contribution in [-0.2, 0) is 10.0 Å². The maximum atomic E-state index is 13.7. The molecule has 7 heteroatoms. The van der Waals surface area contributed by atoms with Gasteiger partial charge in [-0.3, -0.25) is 9.52 Å². The number of para-hydroxylation sites is 1. The van der Waals surface area contributed by atoms with Crippen molar-refractivity contribution in [2.24, 2.45) is 5.92 Å². The van der Waals surface area contributed by atoms with Gasteiger partial charge in [-0.15, -0.1) is 0 Å². The van der Waals surface area contributed by atoms with Gasteiger partial charge in [-0.25, -0.2) is 12.8 Å². The number of sulfonamides is 1. The number of rotatable bonds is 4. The number of halogens is 1. The summed E-state index contributed by atoms with van der Waals surface area (Å²) in [6.45, 7) is 3.60. The highest BCUT2D eigenvalue weighted by Gasteiger charge is 2.22. The number of hydrogen-bond donors (Lipinski definition) is 1. The summed E-state index contributed by atoms with van der Waals surface area (Å²) in [5.41, 5.74) is 0.333. The number of anilines is 1. The number of hydrogen-bond acceptors (Lipinski definition) is 3. The van der Waals surface area contributed by atoms with Crippen molar-refractivity contribution in [3.05, 3.63) is 59.9 Å². The third-order valence-electron chi connectivity index (χ3n) is 4.60. The molecule has 1 aliphatic rings. The Morgan fingerprint density at radius 1 is 1.08 bits per heavy atom. The molecule has 138 valence electrons. The lowest BCUT2D eigenvalue weighted by molar-refractivity contribution is 0.0697. The van der Waals surface area contributed by atoms with E-state index in [1.807, 2.05) is 0 Å². The fourth-order valence-electron chi connectivity index (χ4n) is 2.92. The second-order valence-corrected chi connectivity index (χ2v) is 8.27. The summed E-state index contributed by atoms with van der Waals surface area (Å²) < 4.78 is 40.7. The minimum absolute atomic E-state index is 0.0235. The van der Waals surface area contributed by atoms with Crippen LogP contribution in [0.3, 0.4) is 0 Å². The van der Waals surface area contributed by atoms with Gasteiger partial charge < -0.3 is 4.90 Å². The van der Waals surface area contributed by atoms with Gasteiger partial charge in [0.15, 0.2) is 0 Å². The minimum atomic E-state index is -3.93. The molecule has 0 unspecified atom stereocenters. The number of carbonyl (C=O) groups is 1. The van der Waals surface area contributed by atoms with Gasteiger partial charge in [0.2, 0.25) is 0 Å². The lowest BCUT2D eigenvalue weighted by Gasteiger charge is -2.30. The van der Waals surface area contributed by atoms with Gasteiger partial charge in [-0.05, 0) is 55.2 Å². The predicted molar refractivity (Wildman–Crippen MR) is 98.0 cm³/mol. The zero-order chi connectivity index (χ0) is 18.7. The van der Waals surface area contributed by atoms with E-state index in [9.17, 15) is 17.6 Å². The summed E-state index contributed by atoms with van der Waals surface area (Å²) >= 11 is 0. The normalized spacial score (nSPS) is 15.7. The molecular weight excluding hydrogens is 355 g/mol. The van der Waals surface area contributed by atoms with Gasteiger partial charge >= 0.3 is 0 Å². The molecule has 2 aromatic carbocycles. The highest BCUT2D eigenvalue weighted by Crippen LogP contribution is 2.21. The Balaban J connectivity index is 1.74. The highest BCUT2D eigenvalue weighted by atomic mass is 32.2. The molecule has 0 aromatic heterocycles. The van der Waals surface area contributed by atoms with E-state index >= 15 is 0 Å². The molecule has 1 N–H and O–H groups in total. The van der Waals surface area contributed by atoms with Crippen LogP contribution in [0.1, 0.15) is 30.1 Å². The van der Waals surface area contributed by atoms with E-state index in [2.05, 4.69) is 11.6 Å². The monoisotopic (exact) mass is 376 g/mol. The highest BCUT2D eigenvalue weighted by molar-refractivity contribution is 7.92. The second-order valence-electron chi connectivity index (χ2n) is 6.58. The van der Waals surface area contributed by atoms with Crippen molar-refractivity contribution in [3.63, 3.8) is 0 Å². The molecule has 1 amide bonds. The number of piperidine rings is 1. The topological polar surface area (TPSA) is 66.5 Å². The lowest BCUT2D eigenvalue weighted by Crippen LogP contribution is -2.37. The molecule has 2 aromatic rings. The molecule has 0 radical (unpaired) electrons. The molecule has 0 atom stereocenters. The van der Waals surface area contributed by atoms with Gasteiger partial charge in [-0.1, -0.05) is 19.1 Å². The third-order valence-corrected chi connectivity index (χ3v) is 5.98. The van der Waals surface area contributed by atoms with Crippen LogP contribution in [0.15, 0.2) is 53.4 Å². The molecule has 0 saturated carbocycles. The predicted octanol–water partition coefficient (Wildman–Crippen LogP) is 3.50. The van der Waals surface area contributed by atoms with Crippen molar-refractivity contribution >= 4 is 21.6 Å². The van der Waals surface area contributed by atoms with Crippen LogP contribution >= 0.6 is 0 Å². The first-order chi connectivity index (χ1) is 12.4. The van der Waals surface area contributed by atoms with E-state index in [0.29, 0.717) is 11.5 Å². The first-order valence-electron chi connectivity index (χ1n) is 8.53. The number of benzene rings is 2. The average Bonchev–Trinajstić information content (AvgIpc) is 2.64. The van der Waals surface area contributed by atoms with Crippen LogP contribution in [-0.4, -0.2) is 32.3 Å². The van der Waals surface area contributed by atoms with E-state index in [4.69, 9.17) is 0 Å². The van der Waals surface area contributed by atoms with Gasteiger partial charge in [0.25, 0.3) is 15.9 Å². The molecule has 0 bridgehead atoms.